The van der Waals surface area contributed by atoms with E-state index in [4.69, 9.17) is 4.74 Å². The van der Waals surface area contributed by atoms with Crippen LogP contribution in [0.15, 0.2) is 73.1 Å². The maximum absolute atomic E-state index is 12.7. The highest BCUT2D eigenvalue weighted by molar-refractivity contribution is 6.00. The normalized spacial score (nSPS) is 14.3. The average Bonchev–Trinajstić information content (AvgIpc) is 3.35. The second-order valence-electron chi connectivity index (χ2n) is 7.86. The van der Waals surface area contributed by atoms with Gasteiger partial charge in [0.2, 0.25) is 0 Å². The van der Waals surface area contributed by atoms with Gasteiger partial charge in [0.1, 0.15) is 0 Å². The summed E-state index contributed by atoms with van der Waals surface area (Å²) in [5, 5.41) is 2.86. The van der Waals surface area contributed by atoms with Crippen molar-refractivity contribution in [3.8, 4) is 5.69 Å². The lowest BCUT2D eigenvalue weighted by molar-refractivity contribution is 0.0602. The van der Waals surface area contributed by atoms with E-state index in [2.05, 4.69) is 34.1 Å². The van der Waals surface area contributed by atoms with Gasteiger partial charge in [-0.15, -0.1) is 0 Å². The van der Waals surface area contributed by atoms with Gasteiger partial charge in [0.15, 0.2) is 0 Å². The highest BCUT2D eigenvalue weighted by Gasteiger charge is 2.24. The van der Waals surface area contributed by atoms with Crippen molar-refractivity contribution in [3.05, 3.63) is 84.2 Å². The second-order valence-corrected chi connectivity index (χ2v) is 7.86. The quantitative estimate of drug-likeness (QED) is 0.610. The number of methoxy groups -OCH3 is 1. The van der Waals surface area contributed by atoms with Gasteiger partial charge in [-0.2, -0.15) is 0 Å². The van der Waals surface area contributed by atoms with Gasteiger partial charge in [-0.25, -0.2) is 9.59 Å². The zero-order valence-electron chi connectivity index (χ0n) is 17.7. The summed E-state index contributed by atoms with van der Waals surface area (Å²) in [5.41, 5.74) is 3.32. The molecule has 160 valence electrons. The fraction of sp³-hybridized carbons (Fsp3) is 0.280. The summed E-state index contributed by atoms with van der Waals surface area (Å²) < 4.78 is 6.89. The Morgan fingerprint density at radius 2 is 1.65 bits per heavy atom. The maximum Gasteiger partial charge on any atom is 0.339 e. The number of carbonyl (C=O) groups is 2. The van der Waals surface area contributed by atoms with Gasteiger partial charge in [-0.05, 0) is 67.1 Å². The van der Waals surface area contributed by atoms with Gasteiger partial charge < -0.3 is 19.5 Å². The number of piperidine rings is 1. The first-order valence-electron chi connectivity index (χ1n) is 10.6. The molecule has 2 heterocycles. The first kappa shape index (κ1) is 20.7. The molecule has 31 heavy (non-hydrogen) atoms. The number of aromatic nitrogens is 1. The molecule has 0 atom stereocenters. The lowest BCUT2D eigenvalue weighted by Crippen LogP contribution is -2.41. The monoisotopic (exact) mass is 417 g/mol. The summed E-state index contributed by atoms with van der Waals surface area (Å²) in [6, 6.07) is 19.4. The van der Waals surface area contributed by atoms with Gasteiger partial charge >= 0.3 is 12.0 Å². The Kier molecular flexibility index (Phi) is 6.36. The largest absolute Gasteiger partial charge is 0.465 e. The molecule has 0 aliphatic carbocycles. The predicted octanol–water partition coefficient (Wildman–Crippen LogP) is 4.75. The number of carbonyl (C=O) groups excluding carboxylic acids is 2. The molecule has 1 aliphatic rings. The highest BCUT2D eigenvalue weighted by Crippen LogP contribution is 2.24. The van der Waals surface area contributed by atoms with E-state index in [1.807, 2.05) is 29.4 Å². The third-order valence-electron chi connectivity index (χ3n) is 5.84. The number of urea groups is 1. The van der Waals surface area contributed by atoms with Gasteiger partial charge in [-0.3, -0.25) is 0 Å². The molecule has 3 aromatic rings. The lowest BCUT2D eigenvalue weighted by Gasteiger charge is -2.32. The maximum atomic E-state index is 12.7. The van der Waals surface area contributed by atoms with Crippen LogP contribution in [0.1, 0.15) is 28.8 Å². The molecule has 2 amide bonds. The van der Waals surface area contributed by atoms with Gasteiger partial charge in [0, 0.05) is 31.2 Å². The summed E-state index contributed by atoms with van der Waals surface area (Å²) in [6.45, 7) is 1.41. The van der Waals surface area contributed by atoms with E-state index in [1.165, 1.54) is 12.7 Å². The first-order chi connectivity index (χ1) is 15.1. The van der Waals surface area contributed by atoms with Gasteiger partial charge in [0.05, 0.1) is 18.4 Å². The topological polar surface area (TPSA) is 63.6 Å². The number of hydrogen-bond acceptors (Lipinski definition) is 3. The Bertz CT molecular complexity index is 1020. The Morgan fingerprint density at radius 3 is 2.32 bits per heavy atom. The van der Waals surface area contributed by atoms with Crippen LogP contribution in [0.4, 0.5) is 10.5 Å². The van der Waals surface area contributed by atoms with E-state index in [0.717, 1.165) is 24.9 Å². The average molecular weight is 418 g/mol. The van der Waals surface area contributed by atoms with Crippen LogP contribution in [0.2, 0.25) is 0 Å². The van der Waals surface area contributed by atoms with Crippen LogP contribution in [-0.4, -0.2) is 41.7 Å². The fourth-order valence-corrected chi connectivity index (χ4v) is 4.06. The summed E-state index contributed by atoms with van der Waals surface area (Å²) in [7, 11) is 1.33. The van der Waals surface area contributed by atoms with Crippen molar-refractivity contribution < 1.29 is 14.3 Å². The van der Waals surface area contributed by atoms with Crippen molar-refractivity contribution in [1.82, 2.24) is 9.47 Å². The summed E-state index contributed by atoms with van der Waals surface area (Å²) in [5.74, 6) is 0.0984. The number of likely N-dealkylation sites (tertiary alicyclic amines) is 1. The number of benzene rings is 2. The Morgan fingerprint density at radius 1 is 0.968 bits per heavy atom. The van der Waals surface area contributed by atoms with E-state index >= 15 is 0 Å². The van der Waals surface area contributed by atoms with Crippen LogP contribution in [0.25, 0.3) is 5.69 Å². The van der Waals surface area contributed by atoms with Crippen molar-refractivity contribution in [3.63, 3.8) is 0 Å². The first-order valence-corrected chi connectivity index (χ1v) is 10.6. The number of esters is 1. The summed E-state index contributed by atoms with van der Waals surface area (Å²) >= 11 is 0. The minimum Gasteiger partial charge on any atom is -0.465 e. The molecule has 1 N–H and O–H groups in total. The third kappa shape index (κ3) is 4.97. The Hall–Kier alpha value is -3.54. The number of amides is 2. The molecule has 0 radical (unpaired) electrons. The molecule has 0 bridgehead atoms. The minimum atomic E-state index is -0.461. The molecule has 1 saturated heterocycles. The van der Waals surface area contributed by atoms with Crippen molar-refractivity contribution in [1.29, 1.82) is 0 Å². The standard InChI is InChI=1S/C25H27N3O3/c1-31-24(29)22-6-2-3-7-23(22)26-25(30)28-16-12-20(13-17-28)18-19-8-10-21(11-9-19)27-14-4-5-15-27/h2-11,14-15,20H,12-13,16-18H2,1H3,(H,26,30). The predicted molar refractivity (Wildman–Crippen MR) is 121 cm³/mol. The zero-order chi connectivity index (χ0) is 21.6. The van der Waals surface area contributed by atoms with Crippen LogP contribution in [0, 0.1) is 5.92 Å². The number of para-hydroxylation sites is 1. The SMILES string of the molecule is COC(=O)c1ccccc1NC(=O)N1CCC(Cc2ccc(-n3cccc3)cc2)CC1. The third-order valence-corrected chi connectivity index (χ3v) is 5.84. The van der Waals surface area contributed by atoms with Crippen LogP contribution in [-0.2, 0) is 11.2 Å². The molecule has 1 aliphatic heterocycles. The van der Waals surface area contributed by atoms with Crippen molar-refractivity contribution in [2.24, 2.45) is 5.92 Å². The van der Waals surface area contributed by atoms with E-state index in [1.54, 1.807) is 24.3 Å². The molecular formula is C25H27N3O3. The van der Waals surface area contributed by atoms with Crippen LogP contribution in [0.3, 0.4) is 0 Å². The van der Waals surface area contributed by atoms with Crippen molar-refractivity contribution >= 4 is 17.7 Å². The van der Waals surface area contributed by atoms with Crippen molar-refractivity contribution in [2.75, 3.05) is 25.5 Å². The molecule has 6 nitrogen and oxygen atoms in total. The number of rotatable bonds is 5. The molecule has 2 aromatic carbocycles. The van der Waals surface area contributed by atoms with Crippen LogP contribution >= 0.6 is 0 Å². The van der Waals surface area contributed by atoms with Crippen LogP contribution in [0.5, 0.6) is 0 Å². The van der Waals surface area contributed by atoms with Crippen molar-refractivity contribution in [2.45, 2.75) is 19.3 Å². The van der Waals surface area contributed by atoms with E-state index < -0.39 is 5.97 Å². The molecule has 1 fully saturated rings. The van der Waals surface area contributed by atoms with E-state index in [-0.39, 0.29) is 6.03 Å². The number of nitrogens with zero attached hydrogens (tertiary/aromatic N) is 2. The molecule has 4 rings (SSSR count). The molecule has 6 heteroatoms. The minimum absolute atomic E-state index is 0.175. The van der Waals surface area contributed by atoms with Crippen LogP contribution < -0.4 is 5.32 Å². The Balaban J connectivity index is 1.30. The van der Waals surface area contributed by atoms with E-state index in [0.29, 0.717) is 30.3 Å². The smallest absolute Gasteiger partial charge is 0.339 e. The van der Waals surface area contributed by atoms with Gasteiger partial charge in [-0.1, -0.05) is 24.3 Å². The number of nitrogens with one attached hydrogen (secondary N) is 1. The second kappa shape index (κ2) is 9.51. The zero-order valence-corrected chi connectivity index (χ0v) is 17.7. The lowest BCUT2D eigenvalue weighted by atomic mass is 9.90. The molecule has 1 aromatic heterocycles. The van der Waals surface area contributed by atoms with E-state index in [9.17, 15) is 9.59 Å². The van der Waals surface area contributed by atoms with Gasteiger partial charge in [0.25, 0.3) is 0 Å². The molecular weight excluding hydrogens is 390 g/mol. The highest BCUT2D eigenvalue weighted by atomic mass is 16.5. The number of anilines is 1. The summed E-state index contributed by atoms with van der Waals surface area (Å²) in [4.78, 5) is 26.4. The summed E-state index contributed by atoms with van der Waals surface area (Å²) in [6.07, 6.45) is 7.03. The fourth-order valence-electron chi connectivity index (χ4n) is 4.06. The number of ether oxygens (including phenoxy) is 1. The molecule has 0 unspecified atom stereocenters. The number of hydrogen-bond donors (Lipinski definition) is 1. The molecule has 0 saturated carbocycles. The Labute approximate surface area is 182 Å². The molecule has 0 spiro atoms.